The van der Waals surface area contributed by atoms with E-state index in [1.807, 2.05) is 11.8 Å². The zero-order chi connectivity index (χ0) is 17.5. The van der Waals surface area contributed by atoms with E-state index >= 15 is 0 Å². The number of hydrogen-bond donors (Lipinski definition) is 0. The molecule has 1 fully saturated rings. The third-order valence-corrected chi connectivity index (χ3v) is 5.43. The van der Waals surface area contributed by atoms with Gasteiger partial charge in [0, 0.05) is 19.5 Å². The van der Waals surface area contributed by atoms with Crippen LogP contribution in [0.15, 0.2) is 40.0 Å². The summed E-state index contributed by atoms with van der Waals surface area (Å²) in [7, 11) is 0. The zero-order valence-corrected chi connectivity index (χ0v) is 15.5. The highest BCUT2D eigenvalue weighted by atomic mass is 32.2. The molecule has 0 saturated carbocycles. The Morgan fingerprint density at radius 2 is 2.16 bits per heavy atom. The minimum absolute atomic E-state index is 0.172. The first-order valence-electron chi connectivity index (χ1n) is 9.01. The Balaban J connectivity index is 1.44. The first-order chi connectivity index (χ1) is 12.2. The number of piperidine rings is 1. The second-order valence-electron chi connectivity index (χ2n) is 6.48. The average molecular weight is 359 g/mol. The summed E-state index contributed by atoms with van der Waals surface area (Å²) in [6.07, 6.45) is 5.26. The summed E-state index contributed by atoms with van der Waals surface area (Å²) in [5.74, 6) is 1.76. The van der Waals surface area contributed by atoms with Gasteiger partial charge in [-0.05, 0) is 37.2 Å². The summed E-state index contributed by atoms with van der Waals surface area (Å²) < 4.78 is 5.45. The lowest BCUT2D eigenvalue weighted by Crippen LogP contribution is -2.41. The molecular formula is C19H25N3O2S. The number of carbonyl (C=O) groups excluding carboxylic acids is 1. The van der Waals surface area contributed by atoms with Crippen LogP contribution in [0.1, 0.15) is 37.6 Å². The van der Waals surface area contributed by atoms with E-state index in [9.17, 15) is 4.79 Å². The van der Waals surface area contributed by atoms with Gasteiger partial charge in [0.05, 0.1) is 5.75 Å². The van der Waals surface area contributed by atoms with Crippen molar-refractivity contribution in [2.24, 2.45) is 5.92 Å². The van der Waals surface area contributed by atoms with Gasteiger partial charge in [0.2, 0.25) is 11.8 Å². The minimum Gasteiger partial charge on any atom is -0.416 e. The molecule has 0 aliphatic carbocycles. The number of nitrogens with zero attached hydrogens (tertiary/aromatic N) is 3. The van der Waals surface area contributed by atoms with Gasteiger partial charge in [0.25, 0.3) is 5.22 Å². The van der Waals surface area contributed by atoms with Gasteiger partial charge < -0.3 is 9.32 Å². The molecule has 1 aromatic heterocycles. The molecule has 3 rings (SSSR count). The SMILES string of the molecule is CCc1nnc(SCC(=O)N2CCC[C@@H](CCc3ccccc3)C2)o1. The van der Waals surface area contributed by atoms with E-state index in [-0.39, 0.29) is 5.91 Å². The van der Waals surface area contributed by atoms with E-state index < -0.39 is 0 Å². The highest BCUT2D eigenvalue weighted by Crippen LogP contribution is 2.23. The van der Waals surface area contributed by atoms with Crippen molar-refractivity contribution in [1.82, 2.24) is 15.1 Å². The maximum absolute atomic E-state index is 12.5. The number of hydrogen-bond acceptors (Lipinski definition) is 5. The molecule has 1 aliphatic heterocycles. The topological polar surface area (TPSA) is 59.2 Å². The Labute approximate surface area is 153 Å². The van der Waals surface area contributed by atoms with Crippen LogP contribution < -0.4 is 0 Å². The summed E-state index contributed by atoms with van der Waals surface area (Å²) in [6, 6.07) is 10.6. The standard InChI is InChI=1S/C19H25N3O2S/c1-2-17-20-21-19(24-17)25-14-18(23)22-12-6-9-16(13-22)11-10-15-7-4-3-5-8-15/h3-5,7-8,16H,2,6,9-14H2,1H3/t16-/m0/s1. The lowest BCUT2D eigenvalue weighted by molar-refractivity contribution is -0.130. The van der Waals surface area contributed by atoms with Gasteiger partial charge in [-0.2, -0.15) is 0 Å². The van der Waals surface area contributed by atoms with E-state index in [4.69, 9.17) is 4.42 Å². The molecule has 2 heterocycles. The average Bonchev–Trinajstić information content (AvgIpc) is 3.14. The number of amides is 1. The Bertz CT molecular complexity index is 674. The number of rotatable bonds is 7. The fourth-order valence-electron chi connectivity index (χ4n) is 3.20. The number of thioether (sulfide) groups is 1. The van der Waals surface area contributed by atoms with E-state index in [0.717, 1.165) is 38.8 Å². The molecule has 2 aromatic rings. The number of likely N-dealkylation sites (tertiary alicyclic amines) is 1. The van der Waals surface area contributed by atoms with Crippen LogP contribution in [-0.4, -0.2) is 39.8 Å². The lowest BCUT2D eigenvalue weighted by atomic mass is 9.91. The summed E-state index contributed by atoms with van der Waals surface area (Å²) in [5.41, 5.74) is 1.38. The summed E-state index contributed by atoms with van der Waals surface area (Å²) in [5, 5.41) is 8.37. The first-order valence-corrected chi connectivity index (χ1v) is 10.00. The van der Waals surface area contributed by atoms with Gasteiger partial charge in [-0.15, -0.1) is 10.2 Å². The molecule has 1 aliphatic rings. The van der Waals surface area contributed by atoms with Crippen LogP contribution in [0.5, 0.6) is 0 Å². The molecule has 0 N–H and O–H groups in total. The molecule has 1 saturated heterocycles. The van der Waals surface area contributed by atoms with Gasteiger partial charge in [0.1, 0.15) is 0 Å². The van der Waals surface area contributed by atoms with Crippen LogP contribution in [0.4, 0.5) is 0 Å². The van der Waals surface area contributed by atoms with Crippen LogP contribution in [0.25, 0.3) is 0 Å². The summed E-state index contributed by atoms with van der Waals surface area (Å²) in [4.78, 5) is 14.5. The first kappa shape index (κ1) is 18.0. The Hall–Kier alpha value is -1.82. The van der Waals surface area contributed by atoms with Crippen molar-refractivity contribution in [3.05, 3.63) is 41.8 Å². The van der Waals surface area contributed by atoms with Crippen molar-refractivity contribution in [2.45, 2.75) is 44.3 Å². The molecule has 1 amide bonds. The van der Waals surface area contributed by atoms with Gasteiger partial charge in [-0.25, -0.2) is 0 Å². The number of aryl methyl sites for hydroxylation is 2. The largest absolute Gasteiger partial charge is 0.416 e. The van der Waals surface area contributed by atoms with Crippen LogP contribution in [-0.2, 0) is 17.6 Å². The third-order valence-electron chi connectivity index (χ3n) is 4.63. The second kappa shape index (κ2) is 9.04. The van der Waals surface area contributed by atoms with Crippen LogP contribution in [0.2, 0.25) is 0 Å². The van der Waals surface area contributed by atoms with E-state index in [0.29, 0.717) is 22.8 Å². The normalized spacial score (nSPS) is 17.6. The third kappa shape index (κ3) is 5.33. The summed E-state index contributed by atoms with van der Waals surface area (Å²) >= 11 is 1.34. The van der Waals surface area contributed by atoms with Crippen LogP contribution in [0, 0.1) is 5.92 Å². The Morgan fingerprint density at radius 3 is 2.92 bits per heavy atom. The molecule has 1 atom stereocenters. The van der Waals surface area contributed by atoms with Crippen molar-refractivity contribution in [1.29, 1.82) is 0 Å². The maximum Gasteiger partial charge on any atom is 0.277 e. The monoisotopic (exact) mass is 359 g/mol. The molecule has 5 nitrogen and oxygen atoms in total. The molecule has 1 aromatic carbocycles. The fraction of sp³-hybridized carbons (Fsp3) is 0.526. The fourth-order valence-corrected chi connectivity index (χ4v) is 3.88. The number of benzene rings is 1. The molecule has 6 heteroatoms. The van der Waals surface area contributed by atoms with Crippen molar-refractivity contribution >= 4 is 17.7 Å². The molecule has 0 radical (unpaired) electrons. The smallest absolute Gasteiger partial charge is 0.277 e. The van der Waals surface area contributed by atoms with Crippen molar-refractivity contribution in [2.75, 3.05) is 18.8 Å². The lowest BCUT2D eigenvalue weighted by Gasteiger charge is -2.32. The van der Waals surface area contributed by atoms with Crippen LogP contribution >= 0.6 is 11.8 Å². The molecule has 134 valence electrons. The number of aromatic nitrogens is 2. The van der Waals surface area contributed by atoms with Crippen LogP contribution in [0.3, 0.4) is 0 Å². The minimum atomic E-state index is 0.172. The maximum atomic E-state index is 12.5. The van der Waals surface area contributed by atoms with E-state index in [1.54, 1.807) is 0 Å². The molecule has 0 bridgehead atoms. The molecule has 25 heavy (non-hydrogen) atoms. The zero-order valence-electron chi connectivity index (χ0n) is 14.7. The predicted octanol–water partition coefficient (Wildman–Crippen LogP) is 3.60. The van der Waals surface area contributed by atoms with Crippen molar-refractivity contribution < 1.29 is 9.21 Å². The molecule has 0 spiro atoms. The Kier molecular flexibility index (Phi) is 6.50. The molecule has 0 unspecified atom stereocenters. The number of carbonyl (C=O) groups is 1. The van der Waals surface area contributed by atoms with E-state index in [1.165, 1.54) is 23.7 Å². The summed E-state index contributed by atoms with van der Waals surface area (Å²) in [6.45, 7) is 3.71. The van der Waals surface area contributed by atoms with Gasteiger partial charge in [0.15, 0.2) is 0 Å². The van der Waals surface area contributed by atoms with Crippen molar-refractivity contribution in [3.63, 3.8) is 0 Å². The predicted molar refractivity (Wildman–Crippen MR) is 98.5 cm³/mol. The quantitative estimate of drug-likeness (QED) is 0.707. The van der Waals surface area contributed by atoms with E-state index in [2.05, 4.69) is 40.5 Å². The van der Waals surface area contributed by atoms with Gasteiger partial charge >= 0.3 is 0 Å². The highest BCUT2D eigenvalue weighted by molar-refractivity contribution is 7.99. The second-order valence-corrected chi connectivity index (χ2v) is 7.40. The van der Waals surface area contributed by atoms with Crippen molar-refractivity contribution in [3.8, 4) is 0 Å². The van der Waals surface area contributed by atoms with Gasteiger partial charge in [-0.3, -0.25) is 4.79 Å². The van der Waals surface area contributed by atoms with Gasteiger partial charge in [-0.1, -0.05) is 49.0 Å². The Morgan fingerprint density at radius 1 is 1.32 bits per heavy atom. The molecular weight excluding hydrogens is 334 g/mol. The highest BCUT2D eigenvalue weighted by Gasteiger charge is 2.24.